The Morgan fingerprint density at radius 3 is 2.57 bits per heavy atom. The van der Waals surface area contributed by atoms with Crippen LogP contribution in [0, 0.1) is 11.8 Å². The van der Waals surface area contributed by atoms with E-state index in [1.807, 2.05) is 0 Å². The highest BCUT2D eigenvalue weighted by atomic mass is 16.2. The first-order valence-corrected chi connectivity index (χ1v) is 5.18. The molecule has 2 atom stereocenters. The fraction of sp³-hybridized carbons (Fsp3) is 0.800. The summed E-state index contributed by atoms with van der Waals surface area (Å²) >= 11 is 0. The van der Waals surface area contributed by atoms with E-state index in [9.17, 15) is 9.59 Å². The van der Waals surface area contributed by atoms with Crippen LogP contribution < -0.4 is 5.32 Å². The smallest absolute Gasteiger partial charge is 0.231 e. The number of piperidine rings is 1. The maximum atomic E-state index is 11.4. The molecular weight excluding hydrogens is 180 g/mol. The number of hydrogen-bond donors (Lipinski definition) is 1. The number of nitrogens with zero attached hydrogens (tertiary/aromatic N) is 1. The van der Waals surface area contributed by atoms with Gasteiger partial charge in [-0.2, -0.15) is 0 Å². The average Bonchev–Trinajstić information content (AvgIpc) is 2.42. The second-order valence-electron chi connectivity index (χ2n) is 4.44. The predicted octanol–water partition coefficient (Wildman–Crippen LogP) is -0.0107. The molecule has 2 saturated heterocycles. The maximum absolute atomic E-state index is 11.4. The van der Waals surface area contributed by atoms with E-state index in [4.69, 9.17) is 0 Å². The second kappa shape index (κ2) is 3.35. The lowest BCUT2D eigenvalue weighted by molar-refractivity contribution is -0.126. The summed E-state index contributed by atoms with van der Waals surface area (Å²) in [5.74, 6) is -0.301. The summed E-state index contributed by atoms with van der Waals surface area (Å²) in [7, 11) is 0. The summed E-state index contributed by atoms with van der Waals surface area (Å²) in [6.45, 7) is 5.91. The van der Waals surface area contributed by atoms with Crippen LogP contribution in [0.3, 0.4) is 0 Å². The van der Waals surface area contributed by atoms with Gasteiger partial charge in [0.2, 0.25) is 11.8 Å². The van der Waals surface area contributed by atoms with Crippen LogP contribution in [0.1, 0.15) is 20.3 Å². The van der Waals surface area contributed by atoms with Crippen LogP contribution in [0.5, 0.6) is 0 Å². The fourth-order valence-electron chi connectivity index (χ4n) is 2.33. The molecule has 2 rings (SSSR count). The minimum atomic E-state index is -0.0985. The SMILES string of the molecule is CC(C)N1CCC2C(=O)NC(=O)C2C1. The van der Waals surface area contributed by atoms with Gasteiger partial charge in [-0.25, -0.2) is 0 Å². The Hall–Kier alpha value is -0.900. The molecule has 2 unspecified atom stereocenters. The van der Waals surface area contributed by atoms with Crippen molar-refractivity contribution in [2.24, 2.45) is 11.8 Å². The zero-order valence-electron chi connectivity index (χ0n) is 8.62. The molecule has 0 spiro atoms. The van der Waals surface area contributed by atoms with Crippen molar-refractivity contribution in [3.8, 4) is 0 Å². The molecule has 2 amide bonds. The molecule has 0 bridgehead atoms. The molecule has 4 nitrogen and oxygen atoms in total. The van der Waals surface area contributed by atoms with Crippen LogP contribution in [0.2, 0.25) is 0 Å². The van der Waals surface area contributed by atoms with E-state index in [0.717, 1.165) is 19.5 Å². The number of nitrogens with one attached hydrogen (secondary N) is 1. The highest BCUT2D eigenvalue weighted by Gasteiger charge is 2.44. The number of imide groups is 1. The van der Waals surface area contributed by atoms with Gasteiger partial charge in [-0.15, -0.1) is 0 Å². The van der Waals surface area contributed by atoms with E-state index < -0.39 is 0 Å². The van der Waals surface area contributed by atoms with Crippen molar-refractivity contribution in [2.45, 2.75) is 26.3 Å². The lowest BCUT2D eigenvalue weighted by atomic mass is 9.87. The summed E-state index contributed by atoms with van der Waals surface area (Å²) in [5, 5.41) is 2.41. The molecule has 0 aliphatic carbocycles. The van der Waals surface area contributed by atoms with Gasteiger partial charge in [-0.05, 0) is 26.8 Å². The van der Waals surface area contributed by atoms with Gasteiger partial charge < -0.3 is 4.90 Å². The maximum Gasteiger partial charge on any atom is 0.231 e. The van der Waals surface area contributed by atoms with Gasteiger partial charge in [0.1, 0.15) is 0 Å². The number of likely N-dealkylation sites (tertiary alicyclic amines) is 1. The fourth-order valence-corrected chi connectivity index (χ4v) is 2.33. The van der Waals surface area contributed by atoms with E-state index in [-0.39, 0.29) is 23.7 Å². The van der Waals surface area contributed by atoms with Crippen LogP contribution in [0.15, 0.2) is 0 Å². The van der Waals surface area contributed by atoms with E-state index >= 15 is 0 Å². The largest absolute Gasteiger partial charge is 0.300 e. The van der Waals surface area contributed by atoms with E-state index in [1.54, 1.807) is 0 Å². The van der Waals surface area contributed by atoms with E-state index in [2.05, 4.69) is 24.1 Å². The van der Waals surface area contributed by atoms with Crippen molar-refractivity contribution in [3.05, 3.63) is 0 Å². The molecule has 0 saturated carbocycles. The zero-order valence-corrected chi connectivity index (χ0v) is 8.62. The third kappa shape index (κ3) is 1.43. The van der Waals surface area contributed by atoms with Crippen molar-refractivity contribution in [3.63, 3.8) is 0 Å². The molecule has 14 heavy (non-hydrogen) atoms. The highest BCUT2D eigenvalue weighted by molar-refractivity contribution is 6.05. The first kappa shape index (κ1) is 9.65. The molecule has 0 aromatic rings. The van der Waals surface area contributed by atoms with Crippen LogP contribution >= 0.6 is 0 Å². The molecule has 2 heterocycles. The minimum Gasteiger partial charge on any atom is -0.300 e. The molecule has 0 radical (unpaired) electrons. The Balaban J connectivity index is 2.09. The van der Waals surface area contributed by atoms with Crippen LogP contribution in [0.25, 0.3) is 0 Å². The van der Waals surface area contributed by atoms with Gasteiger partial charge in [-0.3, -0.25) is 14.9 Å². The number of rotatable bonds is 1. The van der Waals surface area contributed by atoms with Gasteiger partial charge in [0, 0.05) is 12.6 Å². The van der Waals surface area contributed by atoms with E-state index in [0.29, 0.717) is 6.04 Å². The van der Waals surface area contributed by atoms with Gasteiger partial charge in [-0.1, -0.05) is 0 Å². The normalized spacial score (nSPS) is 33.4. The lowest BCUT2D eigenvalue weighted by Crippen LogP contribution is -2.44. The quantitative estimate of drug-likeness (QED) is 0.600. The van der Waals surface area contributed by atoms with Gasteiger partial charge in [0.15, 0.2) is 0 Å². The monoisotopic (exact) mass is 196 g/mol. The zero-order chi connectivity index (χ0) is 10.3. The Bertz CT molecular complexity index is 275. The summed E-state index contributed by atoms with van der Waals surface area (Å²) in [6.07, 6.45) is 0.820. The van der Waals surface area contributed by atoms with E-state index in [1.165, 1.54) is 0 Å². The molecule has 0 aromatic carbocycles. The van der Waals surface area contributed by atoms with Crippen LogP contribution in [-0.2, 0) is 9.59 Å². The molecular formula is C10H16N2O2. The van der Waals surface area contributed by atoms with Crippen molar-refractivity contribution >= 4 is 11.8 Å². The Morgan fingerprint density at radius 2 is 1.93 bits per heavy atom. The number of carbonyl (C=O) groups is 2. The van der Waals surface area contributed by atoms with Crippen molar-refractivity contribution in [1.29, 1.82) is 0 Å². The molecule has 1 N–H and O–H groups in total. The summed E-state index contributed by atoms with van der Waals surface area (Å²) in [5.41, 5.74) is 0. The van der Waals surface area contributed by atoms with Gasteiger partial charge in [0.25, 0.3) is 0 Å². The third-order valence-electron chi connectivity index (χ3n) is 3.29. The Morgan fingerprint density at radius 1 is 1.29 bits per heavy atom. The molecule has 78 valence electrons. The first-order valence-electron chi connectivity index (χ1n) is 5.18. The standard InChI is InChI=1S/C10H16N2O2/c1-6(2)12-4-3-7-8(5-12)10(14)11-9(7)13/h6-8H,3-5H2,1-2H3,(H,11,13,14). The number of hydrogen-bond acceptors (Lipinski definition) is 3. The topological polar surface area (TPSA) is 49.4 Å². The van der Waals surface area contributed by atoms with Crippen molar-refractivity contribution in [2.75, 3.05) is 13.1 Å². The summed E-state index contributed by atoms with van der Waals surface area (Å²) < 4.78 is 0. The van der Waals surface area contributed by atoms with Crippen molar-refractivity contribution < 1.29 is 9.59 Å². The van der Waals surface area contributed by atoms with Crippen LogP contribution in [0.4, 0.5) is 0 Å². The van der Waals surface area contributed by atoms with Gasteiger partial charge >= 0.3 is 0 Å². The second-order valence-corrected chi connectivity index (χ2v) is 4.44. The predicted molar refractivity (Wildman–Crippen MR) is 51.5 cm³/mol. The molecule has 2 aliphatic heterocycles. The molecule has 2 aliphatic rings. The number of carbonyl (C=O) groups excluding carboxylic acids is 2. The Labute approximate surface area is 83.6 Å². The summed E-state index contributed by atoms with van der Waals surface area (Å²) in [4.78, 5) is 25.0. The molecule has 4 heteroatoms. The molecule has 2 fully saturated rings. The lowest BCUT2D eigenvalue weighted by Gasteiger charge is -2.35. The third-order valence-corrected chi connectivity index (χ3v) is 3.29. The Kier molecular flexibility index (Phi) is 2.31. The molecule has 0 aromatic heterocycles. The summed E-state index contributed by atoms with van der Waals surface area (Å²) in [6, 6.07) is 0.458. The number of amides is 2. The first-order chi connectivity index (χ1) is 6.59. The minimum absolute atomic E-state index is 0.0579. The number of fused-ring (bicyclic) bond motifs is 1. The van der Waals surface area contributed by atoms with Crippen LogP contribution in [-0.4, -0.2) is 35.8 Å². The average molecular weight is 196 g/mol. The van der Waals surface area contributed by atoms with Crippen molar-refractivity contribution in [1.82, 2.24) is 10.2 Å². The highest BCUT2D eigenvalue weighted by Crippen LogP contribution is 2.29. The van der Waals surface area contributed by atoms with Gasteiger partial charge in [0.05, 0.1) is 11.8 Å².